The van der Waals surface area contributed by atoms with Crippen LogP contribution >= 0.6 is 15.9 Å². The maximum atomic E-state index is 12.7. The highest BCUT2D eigenvalue weighted by Gasteiger charge is 2.37. The van der Waals surface area contributed by atoms with Gasteiger partial charge in [-0.2, -0.15) is 5.26 Å². The largest absolute Gasteiger partial charge is 0.342 e. The molecule has 1 amide bonds. The number of pyridine rings is 1. The molecular weight excluding hydrogens is 378 g/mol. The second-order valence-electron chi connectivity index (χ2n) is 6.18. The van der Waals surface area contributed by atoms with Crippen molar-refractivity contribution >= 4 is 27.9 Å². The summed E-state index contributed by atoms with van der Waals surface area (Å²) in [7, 11) is 0. The normalized spacial score (nSPS) is 16.2. The number of nitriles is 1. The number of nitrogens with zero attached hydrogens (tertiary/aromatic N) is 2. The number of carbonyl (C=O) groups excluding carboxylic acids is 1. The molecule has 0 unspecified atom stereocenters. The van der Waals surface area contributed by atoms with E-state index >= 15 is 0 Å². The van der Waals surface area contributed by atoms with Crippen LogP contribution in [-0.2, 0) is 10.3 Å². The van der Waals surface area contributed by atoms with E-state index in [-0.39, 0.29) is 17.0 Å². The predicted molar refractivity (Wildman–Crippen MR) is 100 cm³/mol. The Morgan fingerprint density at radius 2 is 1.92 bits per heavy atom. The van der Waals surface area contributed by atoms with Crippen LogP contribution in [0.2, 0.25) is 0 Å². The smallest absolute Gasteiger partial charge is 0.262 e. The Morgan fingerprint density at radius 1 is 1.20 bits per heavy atom. The topological polar surface area (TPSA) is 65.8 Å². The van der Waals surface area contributed by atoms with Crippen molar-refractivity contribution in [1.82, 2.24) is 10.3 Å². The zero-order valence-corrected chi connectivity index (χ0v) is 15.3. The van der Waals surface area contributed by atoms with Crippen LogP contribution in [0.25, 0.3) is 6.08 Å². The van der Waals surface area contributed by atoms with Crippen LogP contribution in [0, 0.1) is 11.3 Å². The van der Waals surface area contributed by atoms with E-state index in [1.165, 1.54) is 6.08 Å². The molecule has 126 valence electrons. The Hall–Kier alpha value is -2.45. The van der Waals surface area contributed by atoms with Gasteiger partial charge in [0.05, 0.1) is 11.2 Å². The summed E-state index contributed by atoms with van der Waals surface area (Å²) in [6.07, 6.45) is 7.07. The van der Waals surface area contributed by atoms with E-state index in [9.17, 15) is 10.1 Å². The van der Waals surface area contributed by atoms with Gasteiger partial charge in [-0.05, 0) is 52.5 Å². The minimum atomic E-state index is -0.387. The number of hydrogen-bond donors (Lipinski definition) is 1. The summed E-state index contributed by atoms with van der Waals surface area (Å²) in [5.74, 6) is -0.349. The van der Waals surface area contributed by atoms with Gasteiger partial charge in [0.2, 0.25) is 0 Å². The van der Waals surface area contributed by atoms with Gasteiger partial charge in [-0.25, -0.2) is 0 Å². The number of carbonyl (C=O) groups is 1. The number of rotatable bonds is 4. The number of halogens is 1. The molecule has 0 saturated heterocycles. The van der Waals surface area contributed by atoms with E-state index in [1.54, 1.807) is 12.3 Å². The molecule has 25 heavy (non-hydrogen) atoms. The number of benzene rings is 1. The van der Waals surface area contributed by atoms with Gasteiger partial charge >= 0.3 is 0 Å². The maximum Gasteiger partial charge on any atom is 0.262 e. The Bertz CT molecular complexity index is 816. The van der Waals surface area contributed by atoms with E-state index in [0.29, 0.717) is 5.69 Å². The van der Waals surface area contributed by atoms with Crippen LogP contribution in [-0.4, -0.2) is 10.9 Å². The lowest BCUT2D eigenvalue weighted by Gasteiger charge is -2.31. The first-order valence-corrected chi connectivity index (χ1v) is 9.04. The lowest BCUT2D eigenvalue weighted by Crippen LogP contribution is -2.44. The summed E-state index contributed by atoms with van der Waals surface area (Å²) in [6.45, 7) is 0. The Morgan fingerprint density at radius 3 is 2.52 bits per heavy atom. The number of nitrogens with one attached hydrogen (secondary N) is 1. The molecule has 0 bridgehead atoms. The van der Waals surface area contributed by atoms with Gasteiger partial charge in [-0.3, -0.25) is 9.78 Å². The third-order valence-electron chi connectivity index (χ3n) is 4.54. The predicted octanol–water partition coefficient (Wildman–Crippen LogP) is 4.34. The van der Waals surface area contributed by atoms with Gasteiger partial charge in [-0.15, -0.1) is 0 Å². The second-order valence-corrected chi connectivity index (χ2v) is 7.10. The summed E-state index contributed by atoms with van der Waals surface area (Å²) >= 11 is 3.32. The average Bonchev–Trinajstić information content (AvgIpc) is 3.11. The Balaban J connectivity index is 1.86. The SMILES string of the molecule is N#CC(=Cc1ccc(Br)cn1)C(=O)NC1(c2ccccc2)CCCC1. The third-order valence-corrected chi connectivity index (χ3v) is 5.01. The second kappa shape index (κ2) is 7.62. The van der Waals surface area contributed by atoms with E-state index in [1.807, 2.05) is 42.5 Å². The van der Waals surface area contributed by atoms with Gasteiger partial charge in [0.1, 0.15) is 11.6 Å². The van der Waals surface area contributed by atoms with Gasteiger partial charge < -0.3 is 5.32 Å². The standard InChI is InChI=1S/C20H18BrN3O/c21-17-8-9-18(23-14-17)12-15(13-22)19(25)24-20(10-4-5-11-20)16-6-2-1-3-7-16/h1-3,6-9,12,14H,4-5,10-11H2,(H,24,25). The highest BCUT2D eigenvalue weighted by atomic mass is 79.9. The first-order chi connectivity index (χ1) is 12.1. The fourth-order valence-electron chi connectivity index (χ4n) is 3.28. The molecule has 2 aromatic rings. The number of aromatic nitrogens is 1. The third kappa shape index (κ3) is 3.97. The molecule has 1 aromatic carbocycles. The van der Waals surface area contributed by atoms with Crippen LogP contribution in [0.3, 0.4) is 0 Å². The molecule has 1 N–H and O–H groups in total. The first-order valence-electron chi connectivity index (χ1n) is 8.24. The van der Waals surface area contributed by atoms with Crippen molar-refractivity contribution in [3.63, 3.8) is 0 Å². The lowest BCUT2D eigenvalue weighted by atomic mass is 9.88. The molecule has 0 radical (unpaired) electrons. The van der Waals surface area contributed by atoms with Crippen molar-refractivity contribution in [3.8, 4) is 6.07 Å². The van der Waals surface area contributed by atoms with E-state index in [0.717, 1.165) is 35.7 Å². The number of hydrogen-bond acceptors (Lipinski definition) is 3. The first kappa shape index (κ1) is 17.4. The molecule has 1 aliphatic carbocycles. The molecule has 0 spiro atoms. The van der Waals surface area contributed by atoms with Crippen LogP contribution in [0.5, 0.6) is 0 Å². The molecule has 1 heterocycles. The van der Waals surface area contributed by atoms with Crippen molar-refractivity contribution in [1.29, 1.82) is 5.26 Å². The molecule has 4 nitrogen and oxygen atoms in total. The van der Waals surface area contributed by atoms with E-state index < -0.39 is 0 Å². The van der Waals surface area contributed by atoms with Crippen LogP contribution in [0.1, 0.15) is 36.9 Å². The van der Waals surface area contributed by atoms with Gasteiger partial charge in [0, 0.05) is 10.7 Å². The molecular formula is C20H18BrN3O. The molecule has 1 aromatic heterocycles. The minimum absolute atomic E-state index is 0.0667. The zero-order valence-electron chi connectivity index (χ0n) is 13.7. The maximum absolute atomic E-state index is 12.7. The Kier molecular flexibility index (Phi) is 5.30. The summed E-state index contributed by atoms with van der Waals surface area (Å²) in [6, 6.07) is 15.6. The molecule has 3 rings (SSSR count). The molecule has 1 aliphatic rings. The summed E-state index contributed by atoms with van der Waals surface area (Å²) in [5.41, 5.74) is 1.36. The van der Waals surface area contributed by atoms with Crippen LogP contribution in [0.4, 0.5) is 0 Å². The molecule has 5 heteroatoms. The van der Waals surface area contributed by atoms with Crippen LogP contribution in [0.15, 0.2) is 58.7 Å². The molecule has 1 saturated carbocycles. The lowest BCUT2D eigenvalue weighted by molar-refractivity contribution is -0.119. The van der Waals surface area contributed by atoms with Gasteiger partial charge in [0.25, 0.3) is 5.91 Å². The highest BCUT2D eigenvalue weighted by Crippen LogP contribution is 2.38. The van der Waals surface area contributed by atoms with Crippen molar-refractivity contribution in [3.05, 3.63) is 70.0 Å². The van der Waals surface area contributed by atoms with E-state index in [4.69, 9.17) is 0 Å². The van der Waals surface area contributed by atoms with Crippen LogP contribution < -0.4 is 5.32 Å². The highest BCUT2D eigenvalue weighted by molar-refractivity contribution is 9.10. The molecule has 0 aliphatic heterocycles. The average molecular weight is 396 g/mol. The Labute approximate surface area is 155 Å². The fourth-order valence-corrected chi connectivity index (χ4v) is 3.51. The molecule has 1 fully saturated rings. The zero-order chi connectivity index (χ0) is 17.7. The fraction of sp³-hybridized carbons (Fsp3) is 0.250. The monoisotopic (exact) mass is 395 g/mol. The van der Waals surface area contributed by atoms with Gasteiger partial charge in [-0.1, -0.05) is 43.2 Å². The van der Waals surface area contributed by atoms with E-state index in [2.05, 4.69) is 26.2 Å². The van der Waals surface area contributed by atoms with Crippen molar-refractivity contribution in [2.75, 3.05) is 0 Å². The summed E-state index contributed by atoms with van der Waals surface area (Å²) in [4.78, 5) is 16.9. The molecule has 0 atom stereocenters. The van der Waals surface area contributed by atoms with Crippen molar-refractivity contribution in [2.24, 2.45) is 0 Å². The quantitative estimate of drug-likeness (QED) is 0.618. The number of amides is 1. The summed E-state index contributed by atoms with van der Waals surface area (Å²) in [5, 5.41) is 12.5. The summed E-state index contributed by atoms with van der Waals surface area (Å²) < 4.78 is 0.849. The van der Waals surface area contributed by atoms with Gasteiger partial charge in [0.15, 0.2) is 0 Å². The minimum Gasteiger partial charge on any atom is -0.342 e. The van der Waals surface area contributed by atoms with Crippen molar-refractivity contribution in [2.45, 2.75) is 31.2 Å². The van der Waals surface area contributed by atoms with Crippen molar-refractivity contribution < 1.29 is 4.79 Å².